The summed E-state index contributed by atoms with van der Waals surface area (Å²) in [4.78, 5) is 14.1. The summed E-state index contributed by atoms with van der Waals surface area (Å²) in [6.45, 7) is 2.50. The standard InChI is InChI=1S/C12H14N2O2/c15-10-1-2-11-8(6-10)5-9-7-13-3-4-14(9)12(11)16/h1-2,6,9,13,15H,3-5,7H2/t9-/m1/s1. The Bertz CT molecular complexity index is 445. The predicted molar refractivity (Wildman–Crippen MR) is 59.5 cm³/mol. The largest absolute Gasteiger partial charge is 0.508 e. The van der Waals surface area contributed by atoms with E-state index in [2.05, 4.69) is 5.32 Å². The second kappa shape index (κ2) is 3.49. The number of amides is 1. The van der Waals surface area contributed by atoms with Crippen LogP contribution in [0, 0.1) is 0 Å². The lowest BCUT2D eigenvalue weighted by Crippen LogP contribution is -2.56. The molecule has 0 radical (unpaired) electrons. The minimum atomic E-state index is 0.104. The number of rotatable bonds is 0. The van der Waals surface area contributed by atoms with Crippen molar-refractivity contribution in [2.24, 2.45) is 0 Å². The topological polar surface area (TPSA) is 52.6 Å². The molecule has 3 rings (SSSR count). The fourth-order valence-corrected chi connectivity index (χ4v) is 2.58. The highest BCUT2D eigenvalue weighted by Crippen LogP contribution is 2.26. The monoisotopic (exact) mass is 218 g/mol. The van der Waals surface area contributed by atoms with Gasteiger partial charge in [-0.1, -0.05) is 0 Å². The minimum absolute atomic E-state index is 0.104. The number of nitrogens with zero attached hydrogens (tertiary/aromatic N) is 1. The molecule has 1 aromatic rings. The Morgan fingerprint density at radius 1 is 1.44 bits per heavy atom. The van der Waals surface area contributed by atoms with Crippen molar-refractivity contribution in [3.8, 4) is 5.75 Å². The van der Waals surface area contributed by atoms with E-state index in [-0.39, 0.29) is 17.7 Å². The number of carbonyl (C=O) groups is 1. The van der Waals surface area contributed by atoms with Gasteiger partial charge >= 0.3 is 0 Å². The van der Waals surface area contributed by atoms with E-state index in [4.69, 9.17) is 0 Å². The summed E-state index contributed by atoms with van der Waals surface area (Å²) >= 11 is 0. The molecular weight excluding hydrogens is 204 g/mol. The van der Waals surface area contributed by atoms with E-state index >= 15 is 0 Å². The summed E-state index contributed by atoms with van der Waals surface area (Å²) in [6, 6.07) is 5.26. The van der Waals surface area contributed by atoms with Gasteiger partial charge in [0.15, 0.2) is 0 Å². The molecule has 2 aliphatic heterocycles. The molecule has 0 aromatic heterocycles. The summed E-state index contributed by atoms with van der Waals surface area (Å²) in [7, 11) is 0. The Kier molecular flexibility index (Phi) is 2.11. The zero-order chi connectivity index (χ0) is 11.1. The van der Waals surface area contributed by atoms with Crippen LogP contribution in [0.3, 0.4) is 0 Å². The third-order valence-electron chi connectivity index (χ3n) is 3.39. The van der Waals surface area contributed by atoms with E-state index in [0.717, 1.165) is 37.2 Å². The number of nitrogens with one attached hydrogen (secondary N) is 1. The number of benzene rings is 1. The summed E-state index contributed by atoms with van der Waals surface area (Å²) in [5.41, 5.74) is 1.71. The van der Waals surface area contributed by atoms with E-state index in [0.29, 0.717) is 0 Å². The molecule has 2 heterocycles. The number of hydrogen-bond donors (Lipinski definition) is 2. The molecule has 84 valence electrons. The van der Waals surface area contributed by atoms with E-state index in [9.17, 15) is 9.90 Å². The van der Waals surface area contributed by atoms with E-state index in [1.54, 1.807) is 18.2 Å². The van der Waals surface area contributed by atoms with E-state index in [1.165, 1.54) is 0 Å². The zero-order valence-corrected chi connectivity index (χ0v) is 8.94. The number of hydrogen-bond acceptors (Lipinski definition) is 3. The van der Waals surface area contributed by atoms with Crippen LogP contribution < -0.4 is 5.32 Å². The first-order valence-electron chi connectivity index (χ1n) is 5.59. The van der Waals surface area contributed by atoms with Crippen LogP contribution in [0.5, 0.6) is 5.75 Å². The average molecular weight is 218 g/mol. The van der Waals surface area contributed by atoms with Gasteiger partial charge in [-0.05, 0) is 30.2 Å². The Balaban J connectivity index is 2.03. The number of aromatic hydroxyl groups is 1. The minimum Gasteiger partial charge on any atom is -0.508 e. The van der Waals surface area contributed by atoms with Gasteiger partial charge in [-0.15, -0.1) is 0 Å². The van der Waals surface area contributed by atoms with Crippen molar-refractivity contribution < 1.29 is 9.90 Å². The molecule has 0 spiro atoms. The number of fused-ring (bicyclic) bond motifs is 2. The average Bonchev–Trinajstić information content (AvgIpc) is 2.29. The summed E-state index contributed by atoms with van der Waals surface area (Å²) in [5, 5.41) is 12.7. The normalized spacial score (nSPS) is 23.9. The van der Waals surface area contributed by atoms with Crippen LogP contribution in [0.25, 0.3) is 0 Å². The first kappa shape index (κ1) is 9.66. The third kappa shape index (κ3) is 1.38. The van der Waals surface area contributed by atoms with Crippen molar-refractivity contribution in [2.45, 2.75) is 12.5 Å². The Labute approximate surface area is 93.9 Å². The summed E-state index contributed by atoms with van der Waals surface area (Å²) < 4.78 is 0. The number of phenolic OH excluding ortho intramolecular Hbond substituents is 1. The fraction of sp³-hybridized carbons (Fsp3) is 0.417. The Morgan fingerprint density at radius 3 is 3.19 bits per heavy atom. The van der Waals surface area contributed by atoms with Crippen LogP contribution in [-0.2, 0) is 6.42 Å². The van der Waals surface area contributed by atoms with E-state index < -0.39 is 0 Å². The molecule has 1 fully saturated rings. The van der Waals surface area contributed by atoms with Crippen molar-refractivity contribution in [1.82, 2.24) is 10.2 Å². The second-order valence-corrected chi connectivity index (χ2v) is 4.40. The van der Waals surface area contributed by atoms with Crippen molar-refractivity contribution in [1.29, 1.82) is 0 Å². The molecule has 0 unspecified atom stereocenters. The van der Waals surface area contributed by atoms with Crippen molar-refractivity contribution in [2.75, 3.05) is 19.6 Å². The molecule has 4 nitrogen and oxygen atoms in total. The highest BCUT2D eigenvalue weighted by Gasteiger charge is 2.33. The molecule has 2 aliphatic rings. The molecule has 0 saturated carbocycles. The van der Waals surface area contributed by atoms with Gasteiger partial charge in [0, 0.05) is 31.2 Å². The lowest BCUT2D eigenvalue weighted by Gasteiger charge is -2.40. The van der Waals surface area contributed by atoms with Gasteiger partial charge in [-0.2, -0.15) is 0 Å². The summed E-state index contributed by atoms with van der Waals surface area (Å²) in [6.07, 6.45) is 0.836. The predicted octanol–water partition coefficient (Wildman–Crippen LogP) is 0.362. The van der Waals surface area contributed by atoms with E-state index in [1.807, 2.05) is 4.90 Å². The zero-order valence-electron chi connectivity index (χ0n) is 8.94. The van der Waals surface area contributed by atoms with Crippen molar-refractivity contribution >= 4 is 5.91 Å². The third-order valence-corrected chi connectivity index (χ3v) is 3.39. The summed E-state index contributed by atoms with van der Waals surface area (Å²) in [5.74, 6) is 0.344. The fourth-order valence-electron chi connectivity index (χ4n) is 2.58. The lowest BCUT2D eigenvalue weighted by atomic mass is 9.92. The van der Waals surface area contributed by atoms with Crippen LogP contribution >= 0.6 is 0 Å². The van der Waals surface area contributed by atoms with Crippen LogP contribution in [0.1, 0.15) is 15.9 Å². The molecule has 4 heteroatoms. The number of piperazine rings is 1. The van der Waals surface area contributed by atoms with Crippen LogP contribution in [0.15, 0.2) is 18.2 Å². The molecule has 1 aromatic carbocycles. The van der Waals surface area contributed by atoms with Gasteiger partial charge < -0.3 is 15.3 Å². The highest BCUT2D eigenvalue weighted by molar-refractivity contribution is 5.97. The highest BCUT2D eigenvalue weighted by atomic mass is 16.3. The maximum absolute atomic E-state index is 12.2. The molecule has 1 atom stereocenters. The SMILES string of the molecule is O=C1c2ccc(O)cc2C[C@@H]2CNCCN12. The smallest absolute Gasteiger partial charge is 0.254 e. The molecular formula is C12H14N2O2. The Morgan fingerprint density at radius 2 is 2.31 bits per heavy atom. The number of carbonyl (C=O) groups excluding carboxylic acids is 1. The quantitative estimate of drug-likeness (QED) is 0.661. The Hall–Kier alpha value is -1.55. The molecule has 0 aliphatic carbocycles. The van der Waals surface area contributed by atoms with Crippen LogP contribution in [0.4, 0.5) is 0 Å². The molecule has 1 saturated heterocycles. The maximum atomic E-state index is 12.2. The first-order chi connectivity index (χ1) is 7.75. The molecule has 0 bridgehead atoms. The van der Waals surface area contributed by atoms with Crippen molar-refractivity contribution in [3.63, 3.8) is 0 Å². The second-order valence-electron chi connectivity index (χ2n) is 4.40. The van der Waals surface area contributed by atoms with Crippen LogP contribution in [-0.4, -0.2) is 41.6 Å². The van der Waals surface area contributed by atoms with Crippen molar-refractivity contribution in [3.05, 3.63) is 29.3 Å². The number of phenols is 1. The molecule has 16 heavy (non-hydrogen) atoms. The maximum Gasteiger partial charge on any atom is 0.254 e. The first-order valence-corrected chi connectivity index (χ1v) is 5.59. The van der Waals surface area contributed by atoms with Gasteiger partial charge in [0.25, 0.3) is 5.91 Å². The van der Waals surface area contributed by atoms with Crippen LogP contribution in [0.2, 0.25) is 0 Å². The van der Waals surface area contributed by atoms with Gasteiger partial charge in [0.1, 0.15) is 5.75 Å². The molecule has 1 amide bonds. The van der Waals surface area contributed by atoms with Gasteiger partial charge in [0.2, 0.25) is 0 Å². The van der Waals surface area contributed by atoms with Gasteiger partial charge in [-0.25, -0.2) is 0 Å². The van der Waals surface area contributed by atoms with Gasteiger partial charge in [0.05, 0.1) is 0 Å². The molecule has 2 N–H and O–H groups in total. The van der Waals surface area contributed by atoms with Gasteiger partial charge in [-0.3, -0.25) is 4.79 Å². The lowest BCUT2D eigenvalue weighted by molar-refractivity contribution is 0.0606.